The van der Waals surface area contributed by atoms with E-state index in [9.17, 15) is 19.1 Å². The molecule has 0 saturated carbocycles. The van der Waals surface area contributed by atoms with Crippen molar-refractivity contribution in [3.8, 4) is 0 Å². The zero-order valence-electron chi connectivity index (χ0n) is 19.0. The van der Waals surface area contributed by atoms with Gasteiger partial charge in [0.15, 0.2) is 11.9 Å². The Morgan fingerprint density at radius 3 is 2.66 bits per heavy atom. The molecule has 32 heavy (non-hydrogen) atoms. The molecule has 0 bridgehead atoms. The van der Waals surface area contributed by atoms with Crippen LogP contribution in [-0.4, -0.2) is 41.7 Å². The van der Waals surface area contributed by atoms with Gasteiger partial charge in [0, 0.05) is 29.7 Å². The molecule has 1 aromatic carbocycles. The van der Waals surface area contributed by atoms with Crippen molar-refractivity contribution in [2.75, 3.05) is 13.7 Å². The summed E-state index contributed by atoms with van der Waals surface area (Å²) in [6.07, 6.45) is 1.33. The Hall–Kier alpha value is -2.90. The summed E-state index contributed by atoms with van der Waals surface area (Å²) in [6.45, 7) is 7.01. The van der Waals surface area contributed by atoms with Gasteiger partial charge in [0.1, 0.15) is 12.4 Å². The standard InChI is InChI=1S/C25H28FNO5/c1-13(2)8-18-20(11-28)17-7-6-16(26)10-22(17)27-23(18)14(3)9-19-21(15(4)29)12-32-25(30)24(19)31-5/h6-7,9-10,13,24,28H,8,11-12H2,1-5H3/b14-9+. The lowest BCUT2D eigenvalue weighted by Crippen LogP contribution is -2.34. The molecular formula is C25H28FNO5. The molecular weight excluding hydrogens is 413 g/mol. The fourth-order valence-electron chi connectivity index (χ4n) is 4.06. The molecule has 1 N–H and O–H groups in total. The molecule has 0 saturated heterocycles. The first kappa shape index (κ1) is 23.8. The first-order chi connectivity index (χ1) is 15.2. The van der Waals surface area contributed by atoms with Gasteiger partial charge in [-0.05, 0) is 55.0 Å². The van der Waals surface area contributed by atoms with Crippen molar-refractivity contribution in [2.24, 2.45) is 5.92 Å². The minimum Gasteiger partial charge on any atom is -0.458 e. The van der Waals surface area contributed by atoms with Crippen LogP contribution in [0.5, 0.6) is 0 Å². The lowest BCUT2D eigenvalue weighted by molar-refractivity contribution is -0.153. The molecule has 0 aliphatic carbocycles. The van der Waals surface area contributed by atoms with Gasteiger partial charge in [-0.2, -0.15) is 0 Å². The van der Waals surface area contributed by atoms with Gasteiger partial charge in [-0.3, -0.25) is 4.79 Å². The number of carbonyl (C=O) groups excluding carboxylic acids is 2. The number of carbonyl (C=O) groups is 2. The van der Waals surface area contributed by atoms with E-state index < -0.39 is 17.9 Å². The normalized spacial score (nSPS) is 17.3. The van der Waals surface area contributed by atoms with Gasteiger partial charge in [0.2, 0.25) is 0 Å². The molecule has 170 valence electrons. The van der Waals surface area contributed by atoms with Crippen LogP contribution in [0.15, 0.2) is 35.4 Å². The van der Waals surface area contributed by atoms with E-state index in [0.29, 0.717) is 45.3 Å². The number of rotatable bonds is 7. The number of hydrogen-bond acceptors (Lipinski definition) is 6. The van der Waals surface area contributed by atoms with Crippen LogP contribution in [0, 0.1) is 11.7 Å². The van der Waals surface area contributed by atoms with Crippen molar-refractivity contribution in [3.63, 3.8) is 0 Å². The Bertz CT molecular complexity index is 1130. The SMILES string of the molecule is COC1C(=O)OCC(C(C)=O)=C1/C=C(\C)c1nc2cc(F)ccc2c(CO)c1CC(C)C. The van der Waals surface area contributed by atoms with Crippen LogP contribution in [-0.2, 0) is 32.1 Å². The maximum absolute atomic E-state index is 13.9. The molecule has 1 aliphatic rings. The van der Waals surface area contributed by atoms with Crippen LogP contribution in [0.25, 0.3) is 16.5 Å². The zero-order valence-corrected chi connectivity index (χ0v) is 19.0. The number of aliphatic hydroxyl groups is 1. The summed E-state index contributed by atoms with van der Waals surface area (Å²) >= 11 is 0. The molecule has 1 aliphatic heterocycles. The molecule has 0 fully saturated rings. The number of cyclic esters (lactones) is 1. The van der Waals surface area contributed by atoms with Crippen LogP contribution in [0.3, 0.4) is 0 Å². The second kappa shape index (κ2) is 9.71. The predicted octanol–water partition coefficient (Wildman–Crippen LogP) is 3.93. The van der Waals surface area contributed by atoms with Crippen molar-refractivity contribution in [1.29, 1.82) is 0 Å². The number of nitrogens with zero attached hydrogens (tertiary/aromatic N) is 1. The van der Waals surface area contributed by atoms with E-state index in [1.165, 1.54) is 26.2 Å². The van der Waals surface area contributed by atoms with Crippen LogP contribution in [0.1, 0.15) is 44.5 Å². The number of fused-ring (bicyclic) bond motifs is 1. The van der Waals surface area contributed by atoms with E-state index in [-0.39, 0.29) is 24.9 Å². The maximum Gasteiger partial charge on any atom is 0.340 e. The largest absolute Gasteiger partial charge is 0.458 e. The smallest absolute Gasteiger partial charge is 0.340 e. The summed E-state index contributed by atoms with van der Waals surface area (Å²) < 4.78 is 24.4. The Kier molecular flexibility index (Phi) is 7.21. The van der Waals surface area contributed by atoms with E-state index in [1.807, 2.05) is 6.92 Å². The summed E-state index contributed by atoms with van der Waals surface area (Å²) in [5, 5.41) is 10.9. The Morgan fingerprint density at radius 1 is 1.34 bits per heavy atom. The summed E-state index contributed by atoms with van der Waals surface area (Å²) in [5.41, 5.74) is 4.02. The van der Waals surface area contributed by atoms with Gasteiger partial charge < -0.3 is 14.6 Å². The van der Waals surface area contributed by atoms with E-state index in [2.05, 4.69) is 13.8 Å². The topological polar surface area (TPSA) is 85.7 Å². The summed E-state index contributed by atoms with van der Waals surface area (Å²) in [7, 11) is 1.38. The molecule has 0 spiro atoms. The molecule has 0 amide bonds. The van der Waals surface area contributed by atoms with Gasteiger partial charge in [-0.25, -0.2) is 14.2 Å². The summed E-state index contributed by atoms with van der Waals surface area (Å²) in [6, 6.07) is 4.32. The van der Waals surface area contributed by atoms with Crippen molar-refractivity contribution in [1.82, 2.24) is 4.98 Å². The second-order valence-electron chi connectivity index (χ2n) is 8.38. The third kappa shape index (κ3) is 4.64. The number of allylic oxidation sites excluding steroid dienone is 1. The van der Waals surface area contributed by atoms with Gasteiger partial charge in [-0.15, -0.1) is 0 Å². The average Bonchev–Trinajstić information content (AvgIpc) is 2.72. The number of aliphatic hydroxyl groups excluding tert-OH is 1. The van der Waals surface area contributed by atoms with Gasteiger partial charge in [0.05, 0.1) is 17.8 Å². The molecule has 6 nitrogen and oxygen atoms in total. The van der Waals surface area contributed by atoms with Crippen molar-refractivity contribution in [2.45, 2.75) is 46.8 Å². The molecule has 7 heteroatoms. The molecule has 1 atom stereocenters. The molecule has 2 aromatic rings. The van der Waals surface area contributed by atoms with Crippen LogP contribution in [0.2, 0.25) is 0 Å². The Balaban J connectivity index is 2.30. The van der Waals surface area contributed by atoms with E-state index in [4.69, 9.17) is 14.5 Å². The molecule has 1 aromatic heterocycles. The number of pyridine rings is 1. The number of ketones is 1. The highest BCUT2D eigenvalue weighted by Crippen LogP contribution is 2.32. The zero-order chi connectivity index (χ0) is 23.6. The minimum atomic E-state index is -1.03. The maximum atomic E-state index is 13.9. The van der Waals surface area contributed by atoms with Crippen molar-refractivity contribution in [3.05, 3.63) is 58.1 Å². The molecule has 0 radical (unpaired) electrons. The predicted molar refractivity (Wildman–Crippen MR) is 119 cm³/mol. The van der Waals surface area contributed by atoms with E-state index >= 15 is 0 Å². The number of aromatic nitrogens is 1. The number of hydrogen-bond donors (Lipinski definition) is 1. The van der Waals surface area contributed by atoms with Gasteiger partial charge in [0.25, 0.3) is 0 Å². The highest BCUT2D eigenvalue weighted by atomic mass is 19.1. The van der Waals surface area contributed by atoms with Crippen LogP contribution >= 0.6 is 0 Å². The Labute approximate surface area is 186 Å². The quantitative estimate of drug-likeness (QED) is 0.656. The highest BCUT2D eigenvalue weighted by molar-refractivity contribution is 5.99. The van der Waals surface area contributed by atoms with Crippen molar-refractivity contribution < 1.29 is 28.6 Å². The van der Waals surface area contributed by atoms with E-state index in [1.54, 1.807) is 12.1 Å². The average molecular weight is 441 g/mol. The summed E-state index contributed by atoms with van der Waals surface area (Å²) in [4.78, 5) is 29.1. The number of methoxy groups -OCH3 is 1. The lowest BCUT2D eigenvalue weighted by atomic mass is 9.89. The monoisotopic (exact) mass is 441 g/mol. The summed E-state index contributed by atoms with van der Waals surface area (Å²) in [5.74, 6) is -0.932. The first-order valence-corrected chi connectivity index (χ1v) is 10.5. The minimum absolute atomic E-state index is 0.121. The number of Topliss-reactive ketones (excluding diaryl/α,β-unsaturated/α-hetero) is 1. The van der Waals surface area contributed by atoms with Gasteiger partial charge >= 0.3 is 5.97 Å². The molecule has 2 heterocycles. The number of esters is 1. The van der Waals surface area contributed by atoms with Crippen molar-refractivity contribution >= 4 is 28.2 Å². The van der Waals surface area contributed by atoms with Gasteiger partial charge in [-0.1, -0.05) is 19.9 Å². The Morgan fingerprint density at radius 2 is 2.06 bits per heavy atom. The lowest BCUT2D eigenvalue weighted by Gasteiger charge is -2.25. The van der Waals surface area contributed by atoms with Crippen LogP contribution in [0.4, 0.5) is 4.39 Å². The van der Waals surface area contributed by atoms with E-state index in [0.717, 1.165) is 5.56 Å². The highest BCUT2D eigenvalue weighted by Gasteiger charge is 2.32. The third-order valence-corrected chi connectivity index (χ3v) is 5.55. The fourth-order valence-corrected chi connectivity index (χ4v) is 4.06. The number of benzene rings is 1. The fraction of sp³-hybridized carbons (Fsp3) is 0.400. The first-order valence-electron chi connectivity index (χ1n) is 10.5. The van der Waals surface area contributed by atoms with Crippen LogP contribution < -0.4 is 0 Å². The molecule has 3 rings (SSSR count). The second-order valence-corrected chi connectivity index (χ2v) is 8.38. The number of halogens is 1. The molecule has 1 unspecified atom stereocenters. The third-order valence-electron chi connectivity index (χ3n) is 5.55. The number of ether oxygens (including phenoxy) is 2.